The lowest BCUT2D eigenvalue weighted by Gasteiger charge is -2.27. The van der Waals surface area contributed by atoms with Crippen molar-refractivity contribution in [3.8, 4) is 5.75 Å². The van der Waals surface area contributed by atoms with E-state index in [9.17, 15) is 5.11 Å². The second-order valence-corrected chi connectivity index (χ2v) is 5.66. The van der Waals surface area contributed by atoms with Crippen molar-refractivity contribution in [2.24, 2.45) is 0 Å². The molecule has 1 saturated heterocycles. The van der Waals surface area contributed by atoms with Crippen molar-refractivity contribution >= 4 is 0 Å². The molecule has 1 heterocycles. The maximum atomic E-state index is 11.0. The zero-order valence-electron chi connectivity index (χ0n) is 11.9. The van der Waals surface area contributed by atoms with Crippen LogP contribution in [0.1, 0.15) is 30.0 Å². The Balaban J connectivity index is 2.51. The fourth-order valence-corrected chi connectivity index (χ4v) is 3.14. The molecule has 1 fully saturated rings. The van der Waals surface area contributed by atoms with E-state index in [2.05, 4.69) is 24.9 Å². The summed E-state index contributed by atoms with van der Waals surface area (Å²) in [5, 5.41) is 11.0. The van der Waals surface area contributed by atoms with E-state index in [-0.39, 0.29) is 0 Å². The number of ether oxygens (including phenoxy) is 1. The number of methoxy groups -OCH3 is 1. The van der Waals surface area contributed by atoms with Gasteiger partial charge in [-0.2, -0.15) is 0 Å². The molecule has 0 amide bonds. The van der Waals surface area contributed by atoms with Crippen LogP contribution in [0.5, 0.6) is 5.75 Å². The van der Waals surface area contributed by atoms with Crippen LogP contribution in [-0.4, -0.2) is 36.8 Å². The lowest BCUT2D eigenvalue weighted by Crippen LogP contribution is -2.30. The average molecular weight is 249 g/mol. The molecule has 1 N–H and O–H groups in total. The highest BCUT2D eigenvalue weighted by atomic mass is 16.5. The molecule has 3 nitrogen and oxygen atoms in total. The molecule has 0 aromatic heterocycles. The molecule has 1 aromatic rings. The topological polar surface area (TPSA) is 32.7 Å². The number of likely N-dealkylation sites (tertiary alicyclic amines) is 1. The van der Waals surface area contributed by atoms with Crippen LogP contribution in [0, 0.1) is 13.8 Å². The number of likely N-dealkylation sites (N-methyl/N-ethyl adjacent to an activating group) is 1. The molecule has 3 heteroatoms. The molecule has 1 aliphatic heterocycles. The van der Waals surface area contributed by atoms with Crippen LogP contribution >= 0.6 is 0 Å². The van der Waals surface area contributed by atoms with Crippen LogP contribution in [0.3, 0.4) is 0 Å². The van der Waals surface area contributed by atoms with Gasteiger partial charge in [-0.3, -0.25) is 0 Å². The summed E-state index contributed by atoms with van der Waals surface area (Å²) in [6, 6.07) is 4.50. The Hall–Kier alpha value is -1.06. The maximum Gasteiger partial charge on any atom is 0.125 e. The van der Waals surface area contributed by atoms with Gasteiger partial charge in [-0.25, -0.2) is 0 Å². The van der Waals surface area contributed by atoms with Crippen molar-refractivity contribution in [1.29, 1.82) is 0 Å². The first-order valence-corrected chi connectivity index (χ1v) is 6.46. The van der Waals surface area contributed by atoms with E-state index in [4.69, 9.17) is 4.74 Å². The van der Waals surface area contributed by atoms with Crippen molar-refractivity contribution in [2.75, 3.05) is 20.7 Å². The largest absolute Gasteiger partial charge is 0.496 e. The minimum atomic E-state index is -0.794. The molecule has 0 radical (unpaired) electrons. The number of nitrogens with zero attached hydrogens (tertiary/aromatic N) is 1. The van der Waals surface area contributed by atoms with Gasteiger partial charge in [0, 0.05) is 18.2 Å². The number of rotatable bonds is 2. The predicted molar refractivity (Wildman–Crippen MR) is 73.1 cm³/mol. The zero-order valence-corrected chi connectivity index (χ0v) is 11.9. The lowest BCUT2D eigenvalue weighted by atomic mass is 9.86. The summed E-state index contributed by atoms with van der Waals surface area (Å²) in [5.74, 6) is 0.803. The van der Waals surface area contributed by atoms with E-state index in [1.807, 2.05) is 19.9 Å². The minimum absolute atomic E-state index is 0.389. The molecule has 2 rings (SSSR count). The van der Waals surface area contributed by atoms with Gasteiger partial charge in [0.05, 0.1) is 7.11 Å². The summed E-state index contributed by atoms with van der Waals surface area (Å²) in [7, 11) is 3.72. The number of aliphatic hydroxyl groups is 1. The van der Waals surface area contributed by atoms with Gasteiger partial charge in [0.2, 0.25) is 0 Å². The molecule has 2 unspecified atom stereocenters. The molecular formula is C15H23NO2. The molecule has 0 spiro atoms. The Kier molecular flexibility index (Phi) is 3.39. The number of β-amino-alcohol motifs (C(OH)–C–C–N with tert-alkyl or cyclic N) is 1. The molecule has 1 aliphatic rings. The molecule has 100 valence electrons. The van der Waals surface area contributed by atoms with Gasteiger partial charge in [0.15, 0.2) is 0 Å². The lowest BCUT2D eigenvalue weighted by molar-refractivity contribution is 0.0454. The Morgan fingerprint density at radius 2 is 2.06 bits per heavy atom. The fraction of sp³-hybridized carbons (Fsp3) is 0.600. The van der Waals surface area contributed by atoms with E-state index in [0.29, 0.717) is 12.6 Å². The molecule has 0 aliphatic carbocycles. The summed E-state index contributed by atoms with van der Waals surface area (Å²) in [6.07, 6.45) is 0.754. The second kappa shape index (κ2) is 4.56. The van der Waals surface area contributed by atoms with Crippen LogP contribution in [0.25, 0.3) is 0 Å². The van der Waals surface area contributed by atoms with Gasteiger partial charge >= 0.3 is 0 Å². The smallest absolute Gasteiger partial charge is 0.125 e. The van der Waals surface area contributed by atoms with Gasteiger partial charge < -0.3 is 14.7 Å². The molecule has 2 atom stereocenters. The van der Waals surface area contributed by atoms with Crippen LogP contribution in [0.4, 0.5) is 0 Å². The normalized spacial score (nSPS) is 28.7. The average Bonchev–Trinajstić information content (AvgIpc) is 2.51. The van der Waals surface area contributed by atoms with Gasteiger partial charge in [0.1, 0.15) is 11.4 Å². The van der Waals surface area contributed by atoms with Crippen LogP contribution < -0.4 is 4.74 Å². The summed E-state index contributed by atoms with van der Waals surface area (Å²) in [4.78, 5) is 2.19. The van der Waals surface area contributed by atoms with E-state index in [1.54, 1.807) is 7.11 Å². The zero-order chi connectivity index (χ0) is 13.5. The molecule has 1 aromatic carbocycles. The Morgan fingerprint density at radius 1 is 1.39 bits per heavy atom. The van der Waals surface area contributed by atoms with Gasteiger partial charge in [-0.1, -0.05) is 6.07 Å². The van der Waals surface area contributed by atoms with Gasteiger partial charge in [0.25, 0.3) is 0 Å². The number of hydrogen-bond acceptors (Lipinski definition) is 3. The van der Waals surface area contributed by atoms with Crippen LogP contribution in [0.2, 0.25) is 0 Å². The Morgan fingerprint density at radius 3 is 2.56 bits per heavy atom. The molecule has 18 heavy (non-hydrogen) atoms. The molecule has 0 bridgehead atoms. The van der Waals surface area contributed by atoms with E-state index >= 15 is 0 Å². The second-order valence-electron chi connectivity index (χ2n) is 5.66. The number of aryl methyl sites for hydroxylation is 2. The first-order chi connectivity index (χ1) is 8.37. The third-order valence-corrected chi connectivity index (χ3v) is 4.03. The maximum absolute atomic E-state index is 11.0. The third kappa shape index (κ3) is 2.13. The highest BCUT2D eigenvalue weighted by molar-refractivity contribution is 5.47. The van der Waals surface area contributed by atoms with Gasteiger partial charge in [-0.05, 0) is 51.4 Å². The van der Waals surface area contributed by atoms with Crippen molar-refractivity contribution in [3.63, 3.8) is 0 Å². The Bertz CT molecular complexity index is 446. The highest BCUT2D eigenvalue weighted by Gasteiger charge is 2.42. The first kappa shape index (κ1) is 13.4. The number of benzene rings is 1. The van der Waals surface area contributed by atoms with E-state index in [1.165, 1.54) is 0 Å². The number of hydrogen-bond donors (Lipinski definition) is 1. The van der Waals surface area contributed by atoms with Crippen LogP contribution in [-0.2, 0) is 5.60 Å². The van der Waals surface area contributed by atoms with Gasteiger partial charge in [-0.15, -0.1) is 0 Å². The molecule has 0 saturated carbocycles. The van der Waals surface area contributed by atoms with Crippen molar-refractivity contribution in [3.05, 3.63) is 28.8 Å². The Labute approximate surface area is 109 Å². The standard InChI is InChI=1S/C15H23NO2/c1-10-6-11(2)14(13(7-10)18-5)15(17)8-12(3)16(4)9-15/h6-7,12,17H,8-9H2,1-5H3. The van der Waals surface area contributed by atoms with Crippen molar-refractivity contribution in [1.82, 2.24) is 4.90 Å². The third-order valence-electron chi connectivity index (χ3n) is 4.03. The SMILES string of the molecule is COc1cc(C)cc(C)c1C1(O)CC(C)N(C)C1. The minimum Gasteiger partial charge on any atom is -0.496 e. The highest BCUT2D eigenvalue weighted by Crippen LogP contribution is 2.41. The first-order valence-electron chi connectivity index (χ1n) is 6.46. The van der Waals surface area contributed by atoms with Crippen LogP contribution in [0.15, 0.2) is 12.1 Å². The predicted octanol–water partition coefficient (Wildman–Crippen LogP) is 2.22. The van der Waals surface area contributed by atoms with Crippen molar-refractivity contribution < 1.29 is 9.84 Å². The van der Waals surface area contributed by atoms with E-state index in [0.717, 1.165) is 28.9 Å². The van der Waals surface area contributed by atoms with Crippen molar-refractivity contribution in [2.45, 2.75) is 38.8 Å². The quantitative estimate of drug-likeness (QED) is 0.872. The molecular weight excluding hydrogens is 226 g/mol. The monoisotopic (exact) mass is 249 g/mol. The summed E-state index contributed by atoms with van der Waals surface area (Å²) >= 11 is 0. The summed E-state index contributed by atoms with van der Waals surface area (Å²) < 4.78 is 5.48. The summed E-state index contributed by atoms with van der Waals surface area (Å²) in [6.45, 7) is 6.90. The summed E-state index contributed by atoms with van der Waals surface area (Å²) in [5.41, 5.74) is 2.43. The van der Waals surface area contributed by atoms with E-state index < -0.39 is 5.60 Å². The fourth-order valence-electron chi connectivity index (χ4n) is 3.14.